The first kappa shape index (κ1) is 17.9. The van der Waals surface area contributed by atoms with Gasteiger partial charge < -0.3 is 20.1 Å². The molecule has 2 heterocycles. The molecule has 2 aliphatic rings. The standard InChI is InChI=1S/C19H26N2O4/c1-21-14-7-8-15(21)10-16(9-14)25-19(23)17(12-24-18(22)11-20)13-5-3-2-4-6-13/h2-6,14-17H,7-12,20H2,1H3/t14-,15+,16+,17?. The van der Waals surface area contributed by atoms with Crippen LogP contribution in [-0.2, 0) is 19.1 Å². The van der Waals surface area contributed by atoms with Gasteiger partial charge in [-0.2, -0.15) is 0 Å². The molecule has 1 aromatic carbocycles. The molecule has 3 rings (SSSR count). The van der Waals surface area contributed by atoms with E-state index in [2.05, 4.69) is 11.9 Å². The fraction of sp³-hybridized carbons (Fsp3) is 0.579. The number of ether oxygens (including phenoxy) is 2. The molecule has 1 unspecified atom stereocenters. The quantitative estimate of drug-likeness (QED) is 0.785. The van der Waals surface area contributed by atoms with Gasteiger partial charge in [-0.1, -0.05) is 30.3 Å². The zero-order valence-corrected chi connectivity index (χ0v) is 14.6. The predicted octanol–water partition coefficient (Wildman–Crippen LogP) is 1.44. The number of carbonyl (C=O) groups is 2. The summed E-state index contributed by atoms with van der Waals surface area (Å²) in [7, 11) is 2.15. The average molecular weight is 346 g/mol. The molecule has 4 atom stereocenters. The lowest BCUT2D eigenvalue weighted by Crippen LogP contribution is -2.44. The lowest BCUT2D eigenvalue weighted by Gasteiger charge is -2.36. The van der Waals surface area contributed by atoms with Crippen molar-refractivity contribution in [3.63, 3.8) is 0 Å². The summed E-state index contributed by atoms with van der Waals surface area (Å²) in [5.41, 5.74) is 6.06. The van der Waals surface area contributed by atoms with E-state index in [0.717, 1.165) is 18.4 Å². The van der Waals surface area contributed by atoms with Crippen LogP contribution < -0.4 is 5.73 Å². The van der Waals surface area contributed by atoms with Crippen LogP contribution in [-0.4, -0.2) is 55.2 Å². The third kappa shape index (κ3) is 4.19. The highest BCUT2D eigenvalue weighted by atomic mass is 16.6. The van der Waals surface area contributed by atoms with Gasteiger partial charge in [-0.15, -0.1) is 0 Å². The Morgan fingerprint density at radius 3 is 2.44 bits per heavy atom. The number of nitrogens with zero attached hydrogens (tertiary/aromatic N) is 1. The van der Waals surface area contributed by atoms with Gasteiger partial charge in [0.2, 0.25) is 0 Å². The molecule has 0 radical (unpaired) electrons. The second-order valence-corrected chi connectivity index (χ2v) is 6.93. The third-order valence-corrected chi connectivity index (χ3v) is 5.40. The summed E-state index contributed by atoms with van der Waals surface area (Å²) in [6.45, 7) is -0.243. The molecule has 2 fully saturated rings. The second-order valence-electron chi connectivity index (χ2n) is 6.93. The van der Waals surface area contributed by atoms with Gasteiger partial charge in [0, 0.05) is 12.1 Å². The van der Waals surface area contributed by atoms with Crippen molar-refractivity contribution in [3.8, 4) is 0 Å². The van der Waals surface area contributed by atoms with Gasteiger partial charge in [0.25, 0.3) is 0 Å². The number of carbonyl (C=O) groups excluding carboxylic acids is 2. The predicted molar refractivity (Wildman–Crippen MR) is 92.9 cm³/mol. The lowest BCUT2D eigenvalue weighted by molar-refractivity contribution is -0.157. The third-order valence-electron chi connectivity index (χ3n) is 5.40. The normalized spacial score (nSPS) is 26.9. The Morgan fingerprint density at radius 2 is 1.84 bits per heavy atom. The minimum atomic E-state index is -0.617. The topological polar surface area (TPSA) is 81.9 Å². The van der Waals surface area contributed by atoms with Crippen LogP contribution in [0.2, 0.25) is 0 Å². The summed E-state index contributed by atoms with van der Waals surface area (Å²) in [5, 5.41) is 0. The lowest BCUT2D eigenvalue weighted by atomic mass is 9.98. The van der Waals surface area contributed by atoms with Crippen LogP contribution in [0.3, 0.4) is 0 Å². The smallest absolute Gasteiger partial charge is 0.319 e. The number of nitrogens with two attached hydrogens (primary N) is 1. The molecule has 2 saturated heterocycles. The molecule has 136 valence electrons. The van der Waals surface area contributed by atoms with E-state index in [1.54, 1.807) is 0 Å². The summed E-state index contributed by atoms with van der Waals surface area (Å²) in [4.78, 5) is 26.6. The van der Waals surface area contributed by atoms with E-state index in [-0.39, 0.29) is 25.2 Å². The van der Waals surface area contributed by atoms with Crippen molar-refractivity contribution in [2.24, 2.45) is 5.73 Å². The van der Waals surface area contributed by atoms with Crippen LogP contribution in [0.15, 0.2) is 30.3 Å². The van der Waals surface area contributed by atoms with Crippen molar-refractivity contribution in [2.45, 2.75) is 49.8 Å². The molecule has 0 amide bonds. The number of fused-ring (bicyclic) bond motifs is 2. The van der Waals surface area contributed by atoms with Crippen LogP contribution in [0, 0.1) is 0 Å². The van der Waals surface area contributed by atoms with Gasteiger partial charge in [0.15, 0.2) is 0 Å². The molecular weight excluding hydrogens is 320 g/mol. The van der Waals surface area contributed by atoms with Crippen molar-refractivity contribution in [1.29, 1.82) is 0 Å². The Hall–Kier alpha value is -1.92. The summed E-state index contributed by atoms with van der Waals surface area (Å²) < 4.78 is 10.9. The summed E-state index contributed by atoms with van der Waals surface area (Å²) in [6, 6.07) is 10.3. The van der Waals surface area contributed by atoms with Gasteiger partial charge in [0.05, 0.1) is 6.54 Å². The first-order valence-corrected chi connectivity index (χ1v) is 8.91. The van der Waals surface area contributed by atoms with Crippen LogP contribution in [0.1, 0.15) is 37.2 Å². The van der Waals surface area contributed by atoms with Crippen molar-refractivity contribution in [2.75, 3.05) is 20.2 Å². The number of hydrogen-bond donors (Lipinski definition) is 1. The van der Waals surface area contributed by atoms with E-state index in [0.29, 0.717) is 12.1 Å². The fourth-order valence-corrected chi connectivity index (χ4v) is 3.93. The summed E-state index contributed by atoms with van der Waals surface area (Å²) in [6.07, 6.45) is 4.04. The Labute approximate surface area is 148 Å². The van der Waals surface area contributed by atoms with Crippen molar-refractivity contribution in [1.82, 2.24) is 4.90 Å². The molecule has 6 heteroatoms. The van der Waals surface area contributed by atoms with Crippen LogP contribution in [0.4, 0.5) is 0 Å². The van der Waals surface area contributed by atoms with E-state index in [9.17, 15) is 9.59 Å². The minimum absolute atomic E-state index is 0.0433. The van der Waals surface area contributed by atoms with E-state index in [4.69, 9.17) is 15.2 Å². The van der Waals surface area contributed by atoms with E-state index in [1.165, 1.54) is 12.8 Å². The van der Waals surface area contributed by atoms with Gasteiger partial charge in [-0.3, -0.25) is 9.59 Å². The van der Waals surface area contributed by atoms with E-state index < -0.39 is 11.9 Å². The number of rotatable bonds is 6. The molecule has 0 aromatic heterocycles. The van der Waals surface area contributed by atoms with Crippen molar-refractivity contribution >= 4 is 11.9 Å². The van der Waals surface area contributed by atoms with Crippen LogP contribution in [0.25, 0.3) is 0 Å². The van der Waals surface area contributed by atoms with Gasteiger partial charge in [-0.05, 0) is 38.3 Å². The van der Waals surface area contributed by atoms with Crippen LogP contribution in [0.5, 0.6) is 0 Å². The molecule has 2 N–H and O–H groups in total. The Kier molecular flexibility index (Phi) is 5.71. The maximum atomic E-state index is 12.8. The molecular formula is C19H26N2O4. The maximum Gasteiger partial charge on any atom is 0.319 e. The fourth-order valence-electron chi connectivity index (χ4n) is 3.93. The maximum absolute atomic E-state index is 12.8. The van der Waals surface area contributed by atoms with Gasteiger partial charge >= 0.3 is 11.9 Å². The molecule has 2 aliphatic heterocycles. The Balaban J connectivity index is 1.65. The van der Waals surface area contributed by atoms with E-state index in [1.807, 2.05) is 30.3 Å². The number of esters is 2. The van der Waals surface area contributed by atoms with E-state index >= 15 is 0 Å². The molecule has 0 aliphatic carbocycles. The summed E-state index contributed by atoms with van der Waals surface area (Å²) in [5.74, 6) is -1.47. The highest BCUT2D eigenvalue weighted by Crippen LogP contribution is 2.36. The molecule has 0 saturated carbocycles. The minimum Gasteiger partial charge on any atom is -0.463 e. The summed E-state index contributed by atoms with van der Waals surface area (Å²) >= 11 is 0. The Bertz CT molecular complexity index is 593. The second kappa shape index (κ2) is 7.97. The number of piperidine rings is 1. The van der Waals surface area contributed by atoms with Crippen molar-refractivity contribution in [3.05, 3.63) is 35.9 Å². The molecule has 1 aromatic rings. The highest BCUT2D eigenvalue weighted by molar-refractivity contribution is 5.79. The average Bonchev–Trinajstić information content (AvgIpc) is 2.84. The zero-order chi connectivity index (χ0) is 17.8. The largest absolute Gasteiger partial charge is 0.463 e. The van der Waals surface area contributed by atoms with Crippen molar-refractivity contribution < 1.29 is 19.1 Å². The first-order valence-electron chi connectivity index (χ1n) is 8.91. The zero-order valence-electron chi connectivity index (χ0n) is 14.6. The van der Waals surface area contributed by atoms with Gasteiger partial charge in [0.1, 0.15) is 18.6 Å². The molecule has 0 spiro atoms. The molecule has 25 heavy (non-hydrogen) atoms. The first-order chi connectivity index (χ1) is 12.1. The molecule has 2 bridgehead atoms. The van der Waals surface area contributed by atoms with Crippen LogP contribution >= 0.6 is 0 Å². The molecule has 6 nitrogen and oxygen atoms in total. The SMILES string of the molecule is CN1[C@@H]2CC[C@H]1C[C@@H](OC(=O)C(COC(=O)CN)c1ccccc1)C2. The Morgan fingerprint density at radius 1 is 1.20 bits per heavy atom. The van der Waals surface area contributed by atoms with Gasteiger partial charge in [-0.25, -0.2) is 0 Å². The number of hydrogen-bond acceptors (Lipinski definition) is 6. The highest BCUT2D eigenvalue weighted by Gasteiger charge is 2.40. The monoisotopic (exact) mass is 346 g/mol. The number of benzene rings is 1.